The van der Waals surface area contributed by atoms with Gasteiger partial charge < -0.3 is 15.3 Å². The number of aryl methyl sites for hydroxylation is 2. The molecule has 0 saturated heterocycles. The first-order valence-corrected chi connectivity index (χ1v) is 6.84. The molecule has 2 aliphatic rings. The maximum Gasteiger partial charge on any atom is 0.354 e. The summed E-state index contributed by atoms with van der Waals surface area (Å²) in [5, 5.41) is 4.06. The molecule has 0 fully saturated rings. The van der Waals surface area contributed by atoms with E-state index in [9.17, 15) is 4.79 Å². The van der Waals surface area contributed by atoms with E-state index in [1.165, 1.54) is 24.7 Å². The quantitative estimate of drug-likeness (QED) is 0.840. The molecule has 1 unspecified atom stereocenters. The lowest BCUT2D eigenvalue weighted by Gasteiger charge is -2.21. The molecule has 1 aliphatic heterocycles. The summed E-state index contributed by atoms with van der Waals surface area (Å²) in [6.45, 7) is 0.0532. The zero-order chi connectivity index (χ0) is 14.2. The van der Waals surface area contributed by atoms with E-state index in [-0.39, 0.29) is 6.54 Å². The van der Waals surface area contributed by atoms with Crippen LogP contribution in [0.2, 0.25) is 0 Å². The summed E-state index contributed by atoms with van der Waals surface area (Å²) in [5.41, 5.74) is 9.05. The van der Waals surface area contributed by atoms with Crippen molar-refractivity contribution in [3.8, 4) is 0 Å². The topological polar surface area (TPSA) is 73.9 Å². The van der Waals surface area contributed by atoms with Crippen molar-refractivity contribution >= 4 is 11.7 Å². The molecule has 3 rings (SSSR count). The molecule has 5 nitrogen and oxygen atoms in total. The second kappa shape index (κ2) is 4.90. The highest BCUT2D eigenvalue weighted by Gasteiger charge is 2.47. The fourth-order valence-corrected chi connectivity index (χ4v) is 2.87. The van der Waals surface area contributed by atoms with Crippen LogP contribution in [0.15, 0.2) is 23.4 Å². The Balaban J connectivity index is 1.85. The normalized spacial score (nSPS) is 24.0. The molecular weight excluding hydrogens is 256 g/mol. The van der Waals surface area contributed by atoms with Gasteiger partial charge in [0, 0.05) is 13.0 Å². The smallest absolute Gasteiger partial charge is 0.354 e. The van der Waals surface area contributed by atoms with E-state index in [0.29, 0.717) is 6.42 Å². The molecule has 0 radical (unpaired) electrons. The molecule has 0 spiro atoms. The van der Waals surface area contributed by atoms with Crippen LogP contribution in [0.5, 0.6) is 0 Å². The van der Waals surface area contributed by atoms with Crippen molar-refractivity contribution in [1.29, 1.82) is 0 Å². The standard InChI is InChI=1S/C15H18N2O3/c1-19-14(18)15(9-16)8-13(17-20-15)12-6-5-10-3-2-4-11(10)7-12/h5-7H,2-4,8-9,16H2,1H3. The van der Waals surface area contributed by atoms with Crippen LogP contribution < -0.4 is 5.73 Å². The fraction of sp³-hybridized carbons (Fsp3) is 0.467. The summed E-state index contributed by atoms with van der Waals surface area (Å²) in [4.78, 5) is 17.1. The Morgan fingerprint density at radius 2 is 2.25 bits per heavy atom. The summed E-state index contributed by atoms with van der Waals surface area (Å²) in [6, 6.07) is 6.32. The first-order chi connectivity index (χ1) is 9.68. The minimum Gasteiger partial charge on any atom is -0.466 e. The van der Waals surface area contributed by atoms with Crippen LogP contribution in [0, 0.1) is 0 Å². The van der Waals surface area contributed by atoms with Gasteiger partial charge in [-0.15, -0.1) is 0 Å². The number of benzene rings is 1. The number of nitrogens with two attached hydrogens (primary N) is 1. The van der Waals surface area contributed by atoms with Gasteiger partial charge in [0.1, 0.15) is 0 Å². The molecule has 2 N–H and O–H groups in total. The van der Waals surface area contributed by atoms with Gasteiger partial charge in [0.05, 0.1) is 12.8 Å². The first kappa shape index (κ1) is 13.1. The summed E-state index contributed by atoms with van der Waals surface area (Å²) >= 11 is 0. The molecule has 106 valence electrons. The Hall–Kier alpha value is -1.88. The van der Waals surface area contributed by atoms with Gasteiger partial charge in [-0.3, -0.25) is 0 Å². The number of rotatable bonds is 3. The zero-order valence-electron chi connectivity index (χ0n) is 11.5. The largest absolute Gasteiger partial charge is 0.466 e. The molecule has 1 aliphatic carbocycles. The van der Waals surface area contributed by atoms with Crippen molar-refractivity contribution in [2.45, 2.75) is 31.3 Å². The van der Waals surface area contributed by atoms with E-state index >= 15 is 0 Å². The van der Waals surface area contributed by atoms with Gasteiger partial charge in [0.2, 0.25) is 0 Å². The second-order valence-electron chi connectivity index (χ2n) is 5.33. The molecule has 0 amide bonds. The third-order valence-electron chi connectivity index (χ3n) is 4.10. The van der Waals surface area contributed by atoms with E-state index in [1.807, 2.05) is 6.07 Å². The van der Waals surface area contributed by atoms with E-state index in [4.69, 9.17) is 15.3 Å². The van der Waals surface area contributed by atoms with E-state index in [1.54, 1.807) is 0 Å². The highest BCUT2D eigenvalue weighted by molar-refractivity contribution is 6.05. The van der Waals surface area contributed by atoms with Crippen molar-refractivity contribution in [2.24, 2.45) is 10.9 Å². The fourth-order valence-electron chi connectivity index (χ4n) is 2.87. The lowest BCUT2D eigenvalue weighted by molar-refractivity contribution is -0.165. The third kappa shape index (κ3) is 1.98. The van der Waals surface area contributed by atoms with Gasteiger partial charge in [-0.2, -0.15) is 0 Å². The maximum absolute atomic E-state index is 11.8. The van der Waals surface area contributed by atoms with Crippen LogP contribution in [0.3, 0.4) is 0 Å². The molecule has 5 heteroatoms. The van der Waals surface area contributed by atoms with E-state index < -0.39 is 11.6 Å². The van der Waals surface area contributed by atoms with Crippen LogP contribution in [0.1, 0.15) is 29.5 Å². The minimum absolute atomic E-state index is 0.0532. The average molecular weight is 274 g/mol. The lowest BCUT2D eigenvalue weighted by Crippen LogP contribution is -2.46. The number of esters is 1. The predicted octanol–water partition coefficient (Wildman–Crippen LogP) is 1.17. The van der Waals surface area contributed by atoms with Gasteiger partial charge in [0.25, 0.3) is 5.60 Å². The number of methoxy groups -OCH3 is 1. The van der Waals surface area contributed by atoms with Crippen LogP contribution in [-0.2, 0) is 27.2 Å². The first-order valence-electron chi connectivity index (χ1n) is 6.84. The lowest BCUT2D eigenvalue weighted by atomic mass is 9.93. The Kier molecular flexibility index (Phi) is 3.22. The molecule has 1 aromatic rings. The summed E-state index contributed by atoms with van der Waals surface area (Å²) in [5.74, 6) is -0.472. The van der Waals surface area contributed by atoms with Crippen molar-refractivity contribution in [2.75, 3.05) is 13.7 Å². The van der Waals surface area contributed by atoms with E-state index in [2.05, 4.69) is 17.3 Å². The SMILES string of the molecule is COC(=O)C1(CN)CC(c2ccc3c(c2)CCC3)=NO1. The average Bonchev–Trinajstić information content (AvgIpc) is 3.12. The van der Waals surface area contributed by atoms with Crippen molar-refractivity contribution in [3.05, 3.63) is 34.9 Å². The van der Waals surface area contributed by atoms with Gasteiger partial charge in [-0.05, 0) is 42.0 Å². The maximum atomic E-state index is 11.8. The Bertz CT molecular complexity index is 582. The van der Waals surface area contributed by atoms with Crippen molar-refractivity contribution < 1.29 is 14.4 Å². The van der Waals surface area contributed by atoms with Crippen LogP contribution in [0.25, 0.3) is 0 Å². The summed E-state index contributed by atoms with van der Waals surface area (Å²) < 4.78 is 4.77. The number of hydrogen-bond acceptors (Lipinski definition) is 5. The molecule has 1 atom stereocenters. The Labute approximate surface area is 117 Å². The van der Waals surface area contributed by atoms with Crippen molar-refractivity contribution in [1.82, 2.24) is 0 Å². The van der Waals surface area contributed by atoms with E-state index in [0.717, 1.165) is 24.1 Å². The van der Waals surface area contributed by atoms with Crippen LogP contribution in [-0.4, -0.2) is 30.9 Å². The van der Waals surface area contributed by atoms with Gasteiger partial charge in [-0.1, -0.05) is 17.3 Å². The van der Waals surface area contributed by atoms with Crippen LogP contribution in [0.4, 0.5) is 0 Å². The number of carbonyl (C=O) groups is 1. The molecule has 0 saturated carbocycles. The predicted molar refractivity (Wildman–Crippen MR) is 74.5 cm³/mol. The number of oxime groups is 1. The highest BCUT2D eigenvalue weighted by atomic mass is 16.7. The Morgan fingerprint density at radius 1 is 1.45 bits per heavy atom. The van der Waals surface area contributed by atoms with Crippen LogP contribution >= 0.6 is 0 Å². The number of nitrogens with zero attached hydrogens (tertiary/aromatic N) is 1. The van der Waals surface area contributed by atoms with Crippen molar-refractivity contribution in [3.63, 3.8) is 0 Å². The Morgan fingerprint density at radius 3 is 3.00 bits per heavy atom. The highest BCUT2D eigenvalue weighted by Crippen LogP contribution is 2.29. The molecule has 0 aromatic heterocycles. The monoisotopic (exact) mass is 274 g/mol. The van der Waals surface area contributed by atoms with Gasteiger partial charge in [-0.25, -0.2) is 4.79 Å². The molecule has 20 heavy (non-hydrogen) atoms. The zero-order valence-corrected chi connectivity index (χ0v) is 11.5. The molecule has 1 aromatic carbocycles. The molecular formula is C15H18N2O3. The van der Waals surface area contributed by atoms with Gasteiger partial charge >= 0.3 is 5.97 Å². The minimum atomic E-state index is -1.16. The number of fused-ring (bicyclic) bond motifs is 1. The summed E-state index contributed by atoms with van der Waals surface area (Å²) in [7, 11) is 1.33. The third-order valence-corrected chi connectivity index (χ3v) is 4.10. The second-order valence-corrected chi connectivity index (χ2v) is 5.33. The number of hydrogen-bond donors (Lipinski definition) is 1. The molecule has 1 heterocycles. The number of ether oxygens (including phenoxy) is 1. The summed E-state index contributed by atoms with van der Waals surface area (Å²) in [6.07, 6.45) is 3.81. The number of carbonyl (C=O) groups excluding carboxylic acids is 1. The van der Waals surface area contributed by atoms with Gasteiger partial charge in [0.15, 0.2) is 0 Å². The molecule has 0 bridgehead atoms.